The Morgan fingerprint density at radius 1 is 1.17 bits per heavy atom. The molecule has 1 heterocycles. The quantitative estimate of drug-likeness (QED) is 0.459. The van der Waals surface area contributed by atoms with E-state index in [0.29, 0.717) is 16.3 Å². The van der Waals surface area contributed by atoms with Crippen molar-refractivity contribution < 1.29 is 14.3 Å². The number of hydrogen-bond donors (Lipinski definition) is 2. The number of allylic oxidation sites excluding steroid dienone is 1. The summed E-state index contributed by atoms with van der Waals surface area (Å²) in [7, 11) is 0. The van der Waals surface area contributed by atoms with Crippen molar-refractivity contribution in [2.45, 2.75) is 44.4 Å². The molecule has 0 aromatic heterocycles. The number of urea groups is 1. The van der Waals surface area contributed by atoms with Gasteiger partial charge in [0.05, 0.1) is 18.2 Å². The zero-order chi connectivity index (χ0) is 21.8. The summed E-state index contributed by atoms with van der Waals surface area (Å²) in [6, 6.07) is 11.0. The smallest absolute Gasteiger partial charge is 0.338 e. The van der Waals surface area contributed by atoms with Gasteiger partial charge in [-0.05, 0) is 68.7 Å². The fourth-order valence-corrected chi connectivity index (χ4v) is 4.59. The van der Waals surface area contributed by atoms with E-state index in [1.54, 1.807) is 25.6 Å². The van der Waals surface area contributed by atoms with Crippen LogP contribution in [0.1, 0.15) is 42.1 Å². The number of esters is 1. The molecule has 7 heteroatoms. The van der Waals surface area contributed by atoms with Crippen LogP contribution in [0.3, 0.4) is 0 Å². The molecule has 0 aliphatic carbocycles. The normalized spacial score (nSPS) is 16.2. The fourth-order valence-electron chi connectivity index (χ4n) is 3.51. The Balaban J connectivity index is 1.96. The maximum atomic E-state index is 12.6. The second-order valence-electron chi connectivity index (χ2n) is 7.17. The molecule has 0 saturated carbocycles. The van der Waals surface area contributed by atoms with E-state index in [2.05, 4.69) is 16.7 Å². The lowest BCUT2D eigenvalue weighted by atomic mass is 9.89. The number of benzene rings is 2. The second kappa shape index (κ2) is 9.58. The number of rotatable bonds is 6. The van der Waals surface area contributed by atoms with Crippen LogP contribution < -0.4 is 10.6 Å². The molecule has 0 spiro atoms. The van der Waals surface area contributed by atoms with Crippen molar-refractivity contribution in [1.29, 1.82) is 0 Å². The number of nitrogens with one attached hydrogen (secondary N) is 2. The van der Waals surface area contributed by atoms with Crippen molar-refractivity contribution in [2.75, 3.05) is 6.61 Å². The molecule has 2 aromatic carbocycles. The first-order valence-corrected chi connectivity index (χ1v) is 11.1. The highest BCUT2D eigenvalue weighted by Gasteiger charge is 2.33. The van der Waals surface area contributed by atoms with Crippen LogP contribution in [0.5, 0.6) is 0 Å². The monoisotopic (exact) mass is 444 g/mol. The van der Waals surface area contributed by atoms with Crippen molar-refractivity contribution in [2.24, 2.45) is 0 Å². The number of halogens is 1. The highest BCUT2D eigenvalue weighted by atomic mass is 35.5. The van der Waals surface area contributed by atoms with Crippen LogP contribution in [0, 0.1) is 13.8 Å². The third-order valence-electron chi connectivity index (χ3n) is 4.98. The maximum absolute atomic E-state index is 12.6. The zero-order valence-electron chi connectivity index (χ0n) is 17.5. The molecule has 1 aliphatic heterocycles. The number of ether oxygens (including phenoxy) is 1. The molecule has 1 unspecified atom stereocenters. The van der Waals surface area contributed by atoms with E-state index in [1.807, 2.05) is 44.2 Å². The third kappa shape index (κ3) is 4.99. The summed E-state index contributed by atoms with van der Waals surface area (Å²) in [5.41, 5.74) is 5.11. The second-order valence-corrected chi connectivity index (χ2v) is 8.66. The summed E-state index contributed by atoms with van der Waals surface area (Å²) in [6.45, 7) is 7.80. The van der Waals surface area contributed by atoms with Gasteiger partial charge in [0.1, 0.15) is 0 Å². The molecule has 2 aromatic rings. The van der Waals surface area contributed by atoms with Gasteiger partial charge >= 0.3 is 12.0 Å². The minimum absolute atomic E-state index is 0.270. The summed E-state index contributed by atoms with van der Waals surface area (Å²) in [5.74, 6) is 0.337. The van der Waals surface area contributed by atoms with Gasteiger partial charge in [0.2, 0.25) is 0 Å². The van der Waals surface area contributed by atoms with Crippen LogP contribution in [0.2, 0.25) is 5.02 Å². The van der Waals surface area contributed by atoms with Crippen LogP contribution in [-0.4, -0.2) is 18.6 Å². The number of thioether (sulfide) groups is 1. The Morgan fingerprint density at radius 2 is 1.87 bits per heavy atom. The van der Waals surface area contributed by atoms with Crippen LogP contribution in [-0.2, 0) is 15.3 Å². The van der Waals surface area contributed by atoms with Gasteiger partial charge in [-0.1, -0.05) is 29.3 Å². The van der Waals surface area contributed by atoms with Gasteiger partial charge in [0.15, 0.2) is 0 Å². The number of amides is 2. The molecule has 0 bridgehead atoms. The first-order chi connectivity index (χ1) is 14.3. The van der Waals surface area contributed by atoms with Gasteiger partial charge in [0.25, 0.3) is 0 Å². The van der Waals surface area contributed by atoms with Gasteiger partial charge in [-0.2, -0.15) is 0 Å². The van der Waals surface area contributed by atoms with E-state index < -0.39 is 12.0 Å². The average Bonchev–Trinajstić information content (AvgIpc) is 2.69. The Bertz CT molecular complexity index is 1000. The first kappa shape index (κ1) is 22.2. The lowest BCUT2D eigenvalue weighted by molar-refractivity contribution is -0.139. The number of carbonyl (C=O) groups is 2. The van der Waals surface area contributed by atoms with Crippen molar-refractivity contribution in [3.05, 3.63) is 74.9 Å². The number of carbonyl (C=O) groups excluding carboxylic acids is 2. The summed E-state index contributed by atoms with van der Waals surface area (Å²) in [4.78, 5) is 25.9. The van der Waals surface area contributed by atoms with Crippen LogP contribution in [0.25, 0.3) is 0 Å². The van der Waals surface area contributed by atoms with E-state index >= 15 is 0 Å². The number of aryl methyl sites for hydroxylation is 1. The Morgan fingerprint density at radius 3 is 2.53 bits per heavy atom. The van der Waals surface area contributed by atoms with Crippen LogP contribution >= 0.6 is 23.4 Å². The lowest BCUT2D eigenvalue weighted by Gasteiger charge is -2.30. The minimum Gasteiger partial charge on any atom is -0.463 e. The fraction of sp³-hybridized carbons (Fsp3) is 0.304. The highest BCUT2D eigenvalue weighted by Crippen LogP contribution is 2.34. The third-order valence-corrected chi connectivity index (χ3v) is 6.30. The Hall–Kier alpha value is -2.44. The Kier molecular flexibility index (Phi) is 7.10. The van der Waals surface area contributed by atoms with E-state index in [0.717, 1.165) is 32.9 Å². The molecule has 0 fully saturated rings. The molecule has 2 amide bonds. The molecule has 2 N–H and O–H groups in total. The van der Waals surface area contributed by atoms with E-state index in [4.69, 9.17) is 16.3 Å². The summed E-state index contributed by atoms with van der Waals surface area (Å²) in [5, 5.41) is 6.29. The SMILES string of the molecule is CCOC(=O)C1=C(C)NC(=O)NC1c1cc(C)cc(CSc2ccc(Cl)cc2)c1C. The van der Waals surface area contributed by atoms with Crippen LogP contribution in [0.15, 0.2) is 52.6 Å². The molecule has 5 nitrogen and oxygen atoms in total. The maximum Gasteiger partial charge on any atom is 0.338 e. The van der Waals surface area contributed by atoms with Crippen molar-refractivity contribution in [3.8, 4) is 0 Å². The van der Waals surface area contributed by atoms with E-state index in [1.165, 1.54) is 0 Å². The van der Waals surface area contributed by atoms with Crippen molar-refractivity contribution >= 4 is 35.4 Å². The van der Waals surface area contributed by atoms with Gasteiger partial charge in [0, 0.05) is 21.4 Å². The predicted molar refractivity (Wildman–Crippen MR) is 121 cm³/mol. The number of hydrogen-bond acceptors (Lipinski definition) is 4. The Labute approximate surface area is 186 Å². The molecule has 30 heavy (non-hydrogen) atoms. The highest BCUT2D eigenvalue weighted by molar-refractivity contribution is 7.98. The molecule has 158 valence electrons. The topological polar surface area (TPSA) is 67.4 Å². The summed E-state index contributed by atoms with van der Waals surface area (Å²) in [6.07, 6.45) is 0. The van der Waals surface area contributed by atoms with E-state index in [9.17, 15) is 9.59 Å². The zero-order valence-corrected chi connectivity index (χ0v) is 19.0. The molecule has 1 atom stereocenters. The lowest BCUT2D eigenvalue weighted by Crippen LogP contribution is -2.45. The molecule has 1 aliphatic rings. The molecular formula is C23H25ClN2O3S. The largest absolute Gasteiger partial charge is 0.463 e. The average molecular weight is 445 g/mol. The van der Waals surface area contributed by atoms with Gasteiger partial charge in [-0.25, -0.2) is 9.59 Å². The molecule has 0 saturated heterocycles. The predicted octanol–water partition coefficient (Wildman–Crippen LogP) is 5.44. The minimum atomic E-state index is -0.558. The molecular weight excluding hydrogens is 420 g/mol. The van der Waals surface area contributed by atoms with E-state index in [-0.39, 0.29) is 12.6 Å². The van der Waals surface area contributed by atoms with Gasteiger partial charge < -0.3 is 15.4 Å². The van der Waals surface area contributed by atoms with Crippen molar-refractivity contribution in [1.82, 2.24) is 10.6 Å². The van der Waals surface area contributed by atoms with Crippen LogP contribution in [0.4, 0.5) is 4.79 Å². The first-order valence-electron chi connectivity index (χ1n) is 9.74. The standard InChI is InChI=1S/C23H25ClN2O3S/c1-5-29-22(27)20-15(4)25-23(28)26-21(20)19-11-13(2)10-16(14(19)3)12-30-18-8-6-17(24)7-9-18/h6-11,21H,5,12H2,1-4H3,(H2,25,26,28). The van der Waals surface area contributed by atoms with Gasteiger partial charge in [-0.15, -0.1) is 11.8 Å². The molecule has 3 rings (SSSR count). The summed E-state index contributed by atoms with van der Waals surface area (Å²) >= 11 is 7.69. The van der Waals surface area contributed by atoms with Gasteiger partial charge in [-0.3, -0.25) is 0 Å². The molecule has 0 radical (unpaired) electrons. The van der Waals surface area contributed by atoms with Crippen molar-refractivity contribution in [3.63, 3.8) is 0 Å². The summed E-state index contributed by atoms with van der Waals surface area (Å²) < 4.78 is 5.25.